The number of phenols is 1. The maximum absolute atomic E-state index is 12.5. The van der Waals surface area contributed by atoms with Crippen molar-refractivity contribution in [3.63, 3.8) is 0 Å². The van der Waals surface area contributed by atoms with Crippen LogP contribution in [0.25, 0.3) is 0 Å². The van der Waals surface area contributed by atoms with E-state index < -0.39 is 48.3 Å². The van der Waals surface area contributed by atoms with Gasteiger partial charge in [-0.15, -0.1) is 0 Å². The molecule has 182 valence electrons. The van der Waals surface area contributed by atoms with Gasteiger partial charge in [0.05, 0.1) is 12.6 Å². The van der Waals surface area contributed by atoms with Crippen LogP contribution in [0.2, 0.25) is 1.41 Å². The van der Waals surface area contributed by atoms with Gasteiger partial charge in [-0.1, -0.05) is 42.5 Å². The minimum Gasteiger partial charge on any atom is -0.508 e. The number of benzene rings is 2. The lowest BCUT2D eigenvalue weighted by molar-refractivity contribution is -0.131. The summed E-state index contributed by atoms with van der Waals surface area (Å²) >= 11 is 0. The molecular formula is C24H31N5O5. The minimum absolute atomic E-state index is 0.0845. The standard InChI is InChI=1S/C24H31N5O5/c1-15(28-24(34)19(25)13-17-7-10-18(30)11-8-17)23(33)27-14-21(31)29-20(22(26)32)12-9-16-5-3-2-4-6-16/h2-8,10-11,15,19-20,30H,9,12-14,25H2,1H3,(H2,26,32)(H,27,33)(H,28,34)(H,29,31)/t15-,19-,20-/m0/s1/i/hD. The average Bonchev–Trinajstić information content (AvgIpc) is 2.84. The molecule has 0 aliphatic carbocycles. The highest BCUT2D eigenvalue weighted by molar-refractivity contribution is 5.92. The summed E-state index contributed by atoms with van der Waals surface area (Å²) < 4.78 is 7.41. The molecule has 0 radical (unpaired) electrons. The Morgan fingerprint density at radius 3 is 2.26 bits per heavy atom. The van der Waals surface area contributed by atoms with Crippen molar-refractivity contribution in [3.05, 3.63) is 65.7 Å². The summed E-state index contributed by atoms with van der Waals surface area (Å²) in [5.74, 6) is -2.37. The van der Waals surface area contributed by atoms with E-state index in [1.165, 1.54) is 19.1 Å². The summed E-state index contributed by atoms with van der Waals surface area (Å²) in [5.41, 5.74) is 9.25. The first kappa shape index (κ1) is 24.7. The number of amides is 4. The second-order valence-electron chi connectivity index (χ2n) is 7.92. The van der Waals surface area contributed by atoms with E-state index in [1.807, 2.05) is 30.3 Å². The number of hydrogen-bond donors (Lipinski definition) is 6. The molecule has 0 aliphatic rings. The van der Waals surface area contributed by atoms with Crippen LogP contribution in [0, 0.1) is 0 Å². The number of primary amides is 1. The van der Waals surface area contributed by atoms with Crippen LogP contribution in [0.1, 0.15) is 24.5 Å². The fraction of sp³-hybridized carbons (Fsp3) is 0.333. The Kier molecular flexibility index (Phi) is 9.41. The van der Waals surface area contributed by atoms with Gasteiger partial charge in [-0.3, -0.25) is 19.2 Å². The van der Waals surface area contributed by atoms with Crippen molar-refractivity contribution < 1.29 is 25.7 Å². The van der Waals surface area contributed by atoms with Crippen LogP contribution >= 0.6 is 0 Å². The number of aromatic hydroxyl groups is 1. The Hall–Kier alpha value is -3.92. The molecule has 0 aromatic heterocycles. The number of aryl methyl sites for hydroxylation is 1. The smallest absolute Gasteiger partial charge is 0.242 e. The van der Waals surface area contributed by atoms with Crippen LogP contribution in [-0.2, 0) is 32.0 Å². The molecule has 3 atom stereocenters. The monoisotopic (exact) mass is 470 g/mol. The third-order valence-electron chi connectivity index (χ3n) is 5.11. The normalized spacial score (nSPS) is 13.6. The van der Waals surface area contributed by atoms with Crippen LogP contribution < -0.4 is 27.4 Å². The number of nitrogens with one attached hydrogen (secondary N) is 3. The van der Waals surface area contributed by atoms with E-state index in [2.05, 4.69) is 21.7 Å². The number of nitrogens with two attached hydrogens (primary N) is 2. The van der Waals surface area contributed by atoms with E-state index in [-0.39, 0.29) is 12.2 Å². The fourth-order valence-electron chi connectivity index (χ4n) is 3.15. The predicted molar refractivity (Wildman–Crippen MR) is 126 cm³/mol. The van der Waals surface area contributed by atoms with Gasteiger partial charge in [0.2, 0.25) is 23.6 Å². The third-order valence-corrected chi connectivity index (χ3v) is 5.11. The first-order valence-electron chi connectivity index (χ1n) is 11.4. The molecule has 2 aromatic carbocycles. The highest BCUT2D eigenvalue weighted by atomic mass is 16.3. The van der Waals surface area contributed by atoms with E-state index in [9.17, 15) is 24.3 Å². The Balaban J connectivity index is 1.79. The molecule has 0 fully saturated rings. The lowest BCUT2D eigenvalue weighted by atomic mass is 10.0. The summed E-state index contributed by atoms with van der Waals surface area (Å²) in [4.78, 5) is 48.7. The fourth-order valence-corrected chi connectivity index (χ4v) is 3.15. The van der Waals surface area contributed by atoms with Crippen molar-refractivity contribution in [2.45, 2.75) is 44.3 Å². The first-order valence-corrected chi connectivity index (χ1v) is 10.9. The number of hydrogen-bond acceptors (Lipinski definition) is 6. The minimum atomic E-state index is -0.976. The molecule has 2 aromatic rings. The maximum Gasteiger partial charge on any atom is 0.242 e. The van der Waals surface area contributed by atoms with E-state index in [4.69, 9.17) is 7.15 Å². The third kappa shape index (κ3) is 8.91. The van der Waals surface area contributed by atoms with E-state index in [0.29, 0.717) is 18.4 Å². The molecule has 2 rings (SSSR count). The molecule has 0 bridgehead atoms. The number of carbonyl (C=O) groups is 4. The van der Waals surface area contributed by atoms with Crippen molar-refractivity contribution in [3.8, 4) is 5.75 Å². The Labute approximate surface area is 199 Å². The van der Waals surface area contributed by atoms with Gasteiger partial charge < -0.3 is 32.5 Å². The molecule has 4 amide bonds. The van der Waals surface area contributed by atoms with Gasteiger partial charge in [-0.05, 0) is 49.4 Å². The Bertz CT molecular complexity index is 1000. The lowest BCUT2D eigenvalue weighted by Gasteiger charge is -2.18. The second-order valence-corrected chi connectivity index (χ2v) is 7.92. The number of carbonyl (C=O) groups excluding carboxylic acids is 4. The average molecular weight is 471 g/mol. The Morgan fingerprint density at radius 1 is 0.971 bits per heavy atom. The molecule has 0 unspecified atom stereocenters. The van der Waals surface area contributed by atoms with E-state index in [1.54, 1.807) is 12.1 Å². The van der Waals surface area contributed by atoms with Crippen LogP contribution in [0.15, 0.2) is 54.6 Å². The predicted octanol–water partition coefficient (Wildman–Crippen LogP) is -0.514. The van der Waals surface area contributed by atoms with Crippen molar-refractivity contribution >= 4 is 23.6 Å². The van der Waals surface area contributed by atoms with Gasteiger partial charge >= 0.3 is 0 Å². The van der Waals surface area contributed by atoms with Crippen LogP contribution in [0.3, 0.4) is 0 Å². The van der Waals surface area contributed by atoms with Gasteiger partial charge in [0.15, 0.2) is 0 Å². The van der Waals surface area contributed by atoms with Gasteiger partial charge in [0.25, 0.3) is 0 Å². The highest BCUT2D eigenvalue weighted by Gasteiger charge is 2.22. The zero-order valence-corrected chi connectivity index (χ0v) is 18.9. The number of phenolic OH excluding ortho intramolecular Hbond substituents is 1. The van der Waals surface area contributed by atoms with E-state index in [0.717, 1.165) is 5.56 Å². The molecule has 0 saturated heterocycles. The number of rotatable bonds is 13. The first-order chi connectivity index (χ1) is 16.7. The SMILES string of the molecule is [2H]N[C@@H](Cc1ccc(O)cc1)C(=O)N[C@@H](C)C(=O)NCC(=O)N[C@@H](CCc1ccccc1)C(N)=O. The molecule has 0 saturated carbocycles. The molecule has 8 N–H and O–H groups in total. The summed E-state index contributed by atoms with van der Waals surface area (Å²) in [7, 11) is 0. The maximum atomic E-state index is 12.5. The zero-order chi connectivity index (χ0) is 25.8. The van der Waals surface area contributed by atoms with E-state index >= 15 is 0 Å². The summed E-state index contributed by atoms with van der Waals surface area (Å²) in [6, 6.07) is 12.8. The van der Waals surface area contributed by atoms with Crippen LogP contribution in [0.4, 0.5) is 0 Å². The van der Waals surface area contributed by atoms with Gasteiger partial charge in [0.1, 0.15) is 19.2 Å². The molecule has 0 spiro atoms. The molecular weight excluding hydrogens is 438 g/mol. The molecule has 0 aliphatic heterocycles. The summed E-state index contributed by atoms with van der Waals surface area (Å²) in [6.45, 7) is 1.04. The van der Waals surface area contributed by atoms with Gasteiger partial charge in [-0.25, -0.2) is 0 Å². The quantitative estimate of drug-likeness (QED) is 0.230. The Morgan fingerprint density at radius 2 is 1.65 bits per heavy atom. The summed E-state index contributed by atoms with van der Waals surface area (Å²) in [5, 5.41) is 16.8. The zero-order valence-electron chi connectivity index (χ0n) is 19.9. The molecule has 10 nitrogen and oxygen atoms in total. The van der Waals surface area contributed by atoms with Crippen molar-refractivity contribution in [1.29, 1.82) is 0 Å². The highest BCUT2D eigenvalue weighted by Crippen LogP contribution is 2.11. The topological polar surface area (TPSA) is 177 Å². The van der Waals surface area contributed by atoms with Crippen molar-refractivity contribution in [1.82, 2.24) is 16.0 Å². The van der Waals surface area contributed by atoms with Crippen LogP contribution in [0.5, 0.6) is 5.75 Å². The second kappa shape index (κ2) is 12.9. The van der Waals surface area contributed by atoms with Gasteiger partial charge in [0, 0.05) is 0 Å². The molecule has 34 heavy (non-hydrogen) atoms. The van der Waals surface area contributed by atoms with Crippen molar-refractivity contribution in [2.24, 2.45) is 11.5 Å². The lowest BCUT2D eigenvalue weighted by Crippen LogP contribution is -2.53. The molecule has 0 heterocycles. The van der Waals surface area contributed by atoms with Crippen LogP contribution in [-0.4, -0.2) is 53.4 Å². The molecule has 10 heteroatoms. The van der Waals surface area contributed by atoms with Crippen molar-refractivity contribution in [2.75, 3.05) is 6.54 Å². The summed E-state index contributed by atoms with van der Waals surface area (Å²) in [6.07, 6.45) is 1.03. The van der Waals surface area contributed by atoms with Gasteiger partial charge in [-0.2, -0.15) is 0 Å². The largest absolute Gasteiger partial charge is 0.508 e.